The number of ether oxygens (including phenoxy) is 1. The third-order valence-corrected chi connectivity index (χ3v) is 7.45. The van der Waals surface area contributed by atoms with Crippen LogP contribution in [-0.2, 0) is 7.05 Å². The maximum atomic E-state index is 12.0. The standard InChI is InChI=1S/C24H25N5O2S/c1-27-22-5-2-16(11-23(22)32-24(27)30)17-10-19(13-25-12-17)28-8-6-20(7-9-28)31-21-14-26-29(15-21)18-3-4-18/h2,5,10-15,18,20H,3-4,6-9H2,1H3. The average Bonchev–Trinajstić information content (AvgIpc) is 3.51. The Kier molecular flexibility index (Phi) is 4.75. The summed E-state index contributed by atoms with van der Waals surface area (Å²) in [6, 6.07) is 8.95. The van der Waals surface area contributed by atoms with Gasteiger partial charge in [0.15, 0.2) is 5.75 Å². The normalized spacial score (nSPS) is 17.2. The van der Waals surface area contributed by atoms with Crippen molar-refractivity contribution in [1.82, 2.24) is 19.3 Å². The minimum Gasteiger partial charge on any atom is -0.487 e. The summed E-state index contributed by atoms with van der Waals surface area (Å²) in [7, 11) is 1.82. The fourth-order valence-electron chi connectivity index (χ4n) is 4.42. The molecule has 1 saturated carbocycles. The Hall–Kier alpha value is -3.13. The second-order valence-corrected chi connectivity index (χ2v) is 9.73. The summed E-state index contributed by atoms with van der Waals surface area (Å²) < 4.78 is 10.9. The van der Waals surface area contributed by atoms with E-state index < -0.39 is 0 Å². The van der Waals surface area contributed by atoms with Crippen LogP contribution in [0, 0.1) is 0 Å². The van der Waals surface area contributed by atoms with Crippen molar-refractivity contribution < 1.29 is 4.74 Å². The van der Waals surface area contributed by atoms with Crippen LogP contribution in [0.1, 0.15) is 31.7 Å². The third-order valence-electron chi connectivity index (χ3n) is 6.46. The number of aromatic nitrogens is 4. The first-order chi connectivity index (χ1) is 15.6. The molecule has 1 aromatic carbocycles. The number of nitrogens with zero attached hydrogens (tertiary/aromatic N) is 5. The van der Waals surface area contributed by atoms with Gasteiger partial charge >= 0.3 is 4.87 Å². The number of pyridine rings is 1. The minimum absolute atomic E-state index is 0.0639. The van der Waals surface area contributed by atoms with Crippen LogP contribution >= 0.6 is 11.3 Å². The van der Waals surface area contributed by atoms with Gasteiger partial charge in [-0.2, -0.15) is 5.10 Å². The van der Waals surface area contributed by atoms with Gasteiger partial charge in [0.1, 0.15) is 6.10 Å². The molecule has 0 N–H and O–H groups in total. The molecule has 7 nitrogen and oxygen atoms in total. The van der Waals surface area contributed by atoms with Gasteiger partial charge < -0.3 is 14.2 Å². The summed E-state index contributed by atoms with van der Waals surface area (Å²) in [5, 5.41) is 4.42. The van der Waals surface area contributed by atoms with Crippen molar-refractivity contribution in [3.63, 3.8) is 0 Å². The van der Waals surface area contributed by atoms with Gasteiger partial charge in [0, 0.05) is 44.7 Å². The number of thiazole rings is 1. The van der Waals surface area contributed by atoms with E-state index in [1.54, 1.807) is 4.57 Å². The zero-order valence-corrected chi connectivity index (χ0v) is 18.8. The second-order valence-electron chi connectivity index (χ2n) is 8.73. The van der Waals surface area contributed by atoms with Crippen LogP contribution in [0.5, 0.6) is 5.75 Å². The molecule has 1 aliphatic carbocycles. The van der Waals surface area contributed by atoms with Gasteiger partial charge in [-0.3, -0.25) is 14.5 Å². The number of benzene rings is 1. The van der Waals surface area contributed by atoms with Gasteiger partial charge in [-0.15, -0.1) is 0 Å². The highest BCUT2D eigenvalue weighted by Gasteiger charge is 2.26. The SMILES string of the molecule is Cn1c(=O)sc2cc(-c3cncc(N4CCC(Oc5cnn(C6CC6)c5)CC4)c3)ccc21. The van der Waals surface area contributed by atoms with E-state index in [-0.39, 0.29) is 11.0 Å². The molecule has 8 heteroatoms. The zero-order chi connectivity index (χ0) is 21.7. The van der Waals surface area contributed by atoms with Gasteiger partial charge in [-0.25, -0.2) is 0 Å². The summed E-state index contributed by atoms with van der Waals surface area (Å²) in [5.41, 5.74) is 4.25. The van der Waals surface area contributed by atoms with Crippen molar-refractivity contribution in [1.29, 1.82) is 0 Å². The molecule has 6 rings (SSSR count). The van der Waals surface area contributed by atoms with Crippen LogP contribution in [-0.4, -0.2) is 38.5 Å². The Bertz CT molecular complexity index is 1330. The van der Waals surface area contributed by atoms with E-state index in [9.17, 15) is 4.79 Å². The molecule has 1 saturated heterocycles. The lowest BCUT2D eigenvalue weighted by atomic mass is 10.0. The highest BCUT2D eigenvalue weighted by Crippen LogP contribution is 2.35. The van der Waals surface area contributed by atoms with Crippen molar-refractivity contribution in [2.45, 2.75) is 37.8 Å². The molecule has 164 valence electrons. The lowest BCUT2D eigenvalue weighted by molar-refractivity contribution is 0.170. The number of hydrogen-bond acceptors (Lipinski definition) is 6. The van der Waals surface area contributed by atoms with Crippen molar-refractivity contribution in [2.24, 2.45) is 7.05 Å². The molecule has 32 heavy (non-hydrogen) atoms. The Morgan fingerprint density at radius 2 is 1.88 bits per heavy atom. The minimum atomic E-state index is 0.0639. The van der Waals surface area contributed by atoms with Gasteiger partial charge in [0.05, 0.1) is 40.5 Å². The summed E-state index contributed by atoms with van der Waals surface area (Å²) in [4.78, 5) is 18.9. The van der Waals surface area contributed by atoms with Crippen molar-refractivity contribution in [2.75, 3.05) is 18.0 Å². The molecule has 2 fully saturated rings. The first-order valence-corrected chi connectivity index (χ1v) is 12.0. The first kappa shape index (κ1) is 19.5. The molecular formula is C24H25N5O2S. The van der Waals surface area contributed by atoms with Gasteiger partial charge in [-0.05, 0) is 36.6 Å². The fraction of sp³-hybridized carbons (Fsp3) is 0.375. The van der Waals surface area contributed by atoms with Crippen molar-refractivity contribution >= 4 is 27.2 Å². The number of aryl methyl sites for hydroxylation is 1. The molecule has 3 aromatic heterocycles. The zero-order valence-electron chi connectivity index (χ0n) is 18.0. The van der Waals surface area contributed by atoms with Crippen molar-refractivity contribution in [3.8, 4) is 16.9 Å². The number of anilines is 1. The van der Waals surface area contributed by atoms with E-state index in [1.807, 2.05) is 42.6 Å². The monoisotopic (exact) mass is 447 g/mol. The number of fused-ring (bicyclic) bond motifs is 1. The number of hydrogen-bond donors (Lipinski definition) is 0. The molecule has 4 aromatic rings. The Balaban J connectivity index is 1.14. The quantitative estimate of drug-likeness (QED) is 0.458. The van der Waals surface area contributed by atoms with Crippen LogP contribution in [0.15, 0.2) is 53.8 Å². The van der Waals surface area contributed by atoms with Gasteiger partial charge in [0.2, 0.25) is 0 Å². The predicted octanol–water partition coefficient (Wildman–Crippen LogP) is 4.24. The lowest BCUT2D eigenvalue weighted by Gasteiger charge is -2.33. The van der Waals surface area contributed by atoms with Crippen LogP contribution < -0.4 is 14.5 Å². The van der Waals surface area contributed by atoms with Crippen LogP contribution in [0.2, 0.25) is 0 Å². The Labute approximate surface area is 189 Å². The van der Waals surface area contributed by atoms with E-state index in [1.165, 1.54) is 24.2 Å². The number of rotatable bonds is 5. The van der Waals surface area contributed by atoms with E-state index in [2.05, 4.69) is 33.2 Å². The first-order valence-electron chi connectivity index (χ1n) is 11.1. The molecule has 0 atom stereocenters. The average molecular weight is 448 g/mol. The smallest absolute Gasteiger partial charge is 0.307 e. The topological polar surface area (TPSA) is 65.2 Å². The fourth-order valence-corrected chi connectivity index (χ4v) is 5.34. The van der Waals surface area contributed by atoms with Gasteiger partial charge in [-0.1, -0.05) is 17.4 Å². The van der Waals surface area contributed by atoms with Crippen LogP contribution in [0.3, 0.4) is 0 Å². The highest BCUT2D eigenvalue weighted by atomic mass is 32.1. The summed E-state index contributed by atoms with van der Waals surface area (Å²) in [6.07, 6.45) is 12.3. The number of piperidine rings is 1. The third kappa shape index (κ3) is 3.68. The molecule has 0 amide bonds. The Morgan fingerprint density at radius 1 is 1.03 bits per heavy atom. The highest BCUT2D eigenvalue weighted by molar-refractivity contribution is 7.16. The molecule has 0 bridgehead atoms. The largest absolute Gasteiger partial charge is 0.487 e. The van der Waals surface area contributed by atoms with Crippen molar-refractivity contribution in [3.05, 3.63) is 58.7 Å². The molecule has 0 radical (unpaired) electrons. The van der Waals surface area contributed by atoms with Crippen LogP contribution in [0.25, 0.3) is 21.3 Å². The predicted molar refractivity (Wildman–Crippen MR) is 127 cm³/mol. The van der Waals surface area contributed by atoms with E-state index in [4.69, 9.17) is 4.74 Å². The molecular weight excluding hydrogens is 422 g/mol. The maximum Gasteiger partial charge on any atom is 0.307 e. The molecule has 1 aliphatic heterocycles. The summed E-state index contributed by atoms with van der Waals surface area (Å²) in [6.45, 7) is 1.87. The summed E-state index contributed by atoms with van der Waals surface area (Å²) >= 11 is 1.28. The lowest BCUT2D eigenvalue weighted by Crippen LogP contribution is -2.38. The molecule has 0 spiro atoms. The Morgan fingerprint density at radius 3 is 2.69 bits per heavy atom. The van der Waals surface area contributed by atoms with E-state index in [0.717, 1.165) is 58.7 Å². The van der Waals surface area contributed by atoms with E-state index in [0.29, 0.717) is 6.04 Å². The molecule has 0 unspecified atom stereocenters. The molecule has 2 aliphatic rings. The van der Waals surface area contributed by atoms with E-state index >= 15 is 0 Å². The van der Waals surface area contributed by atoms with Gasteiger partial charge in [0.25, 0.3) is 0 Å². The second kappa shape index (κ2) is 7.78. The van der Waals surface area contributed by atoms with Crippen LogP contribution in [0.4, 0.5) is 5.69 Å². The molecule has 4 heterocycles. The summed E-state index contributed by atoms with van der Waals surface area (Å²) in [5.74, 6) is 0.887. The maximum absolute atomic E-state index is 12.0.